The van der Waals surface area contributed by atoms with Gasteiger partial charge in [-0.3, -0.25) is 33.3 Å². The maximum absolute atomic E-state index is 13.9. The second-order valence-corrected chi connectivity index (χ2v) is 34.3. The molecule has 0 bridgehead atoms. The van der Waals surface area contributed by atoms with Crippen molar-refractivity contribution in [2.24, 2.45) is 0 Å². The number of aromatic nitrogens is 13. The SMILES string of the molecule is C.C.C.C=CC(=O)Nc1cc(C)cc(CCC)c1CNC(=O)c1cc(-c2ccc(N3CCN(C)CC3)nc2)nc2c1cnn2C(C)C.C=CC(=O)n1c(C)cc(=O)c(CNC(=O)c2cc(-c3ccc(N4CCN(C)CC4)nc3)nc3c2cnn3C(C)C)c1CCC.CCCc1cc(C)cc(O)c1CNC(=O)c1cc(-c2ccc(N3CCN(C)CC3)nc2)nc2c1cnn2C(C)C. The van der Waals surface area contributed by atoms with Crippen molar-refractivity contribution in [3.05, 3.63) is 225 Å². The Labute approximate surface area is 770 Å². The first-order chi connectivity index (χ1) is 61.5. The monoisotopic (exact) mass is 1780 g/mol. The number of benzene rings is 2. The molecule has 0 radical (unpaired) electrons. The van der Waals surface area contributed by atoms with Crippen molar-refractivity contribution < 1.29 is 29.1 Å². The van der Waals surface area contributed by atoms with E-state index in [0.717, 1.165) is 178 Å². The number of anilines is 4. The van der Waals surface area contributed by atoms with E-state index in [1.54, 1.807) is 48.5 Å². The molecule has 30 heteroatoms. The van der Waals surface area contributed by atoms with E-state index in [1.165, 1.54) is 22.8 Å². The van der Waals surface area contributed by atoms with Crippen LogP contribution in [0.1, 0.15) is 208 Å². The standard InChI is InChI=1S/C34H42N8O2.C33H40N8O3.C31H39N7O2.3CH4/c1-7-9-24-16-23(5)17-30(38-32(43)8-2)27(24)20-36-34(44)26-18-29(39-33-28(26)21-37-42(33)22(3)4)25-10-11-31(35-19-25)41-14-12-40(6)13-15-41;1-7-9-28-26(29(42)16-22(5)40(28)31(43)8-2)19-35-33(44)24-17-27(37-32-25(24)20-36-41(32)21(3)4)23-10-11-30(34-18-23)39-14-12-38(6)13-15-39;1-6-7-22-14-21(4)15-28(39)25(22)18-33-31(40)24-16-27(35-30-26(24)19-34-38(30)20(2)3)23-8-9-29(32-17-23)37-12-10-36(5)11-13-37;;;/h8,10-11,16-19,21-22H,2,7,9,12-15,20H2,1,3-6H3,(H,36,44)(H,38,43);8,10-11,16-18,20-21H,2,7,9,12-15,19H2,1,3-6H3,(H,35,44);8-9,14-17,19-20,39H,6-7,10-13,18H2,1-5H3,(H,33,40);3*1H4. The second-order valence-electron chi connectivity index (χ2n) is 34.3. The Morgan fingerprint density at radius 3 is 1.13 bits per heavy atom. The molecule has 10 aromatic heterocycles. The van der Waals surface area contributed by atoms with Crippen LogP contribution in [0.4, 0.5) is 23.1 Å². The molecule has 3 aliphatic rings. The molecule has 3 fully saturated rings. The predicted octanol–water partition coefficient (Wildman–Crippen LogP) is 15.8. The highest BCUT2D eigenvalue weighted by atomic mass is 16.3. The summed E-state index contributed by atoms with van der Waals surface area (Å²) in [5.74, 6) is 1.56. The number of hydrogen-bond acceptors (Lipinski definition) is 22. The summed E-state index contributed by atoms with van der Waals surface area (Å²) in [5.41, 5.74) is 15.4. The first kappa shape index (κ1) is 100.0. The van der Waals surface area contributed by atoms with Crippen molar-refractivity contribution in [1.82, 2.24) is 94.5 Å². The lowest BCUT2D eigenvalue weighted by molar-refractivity contribution is -0.111. The van der Waals surface area contributed by atoms with Crippen molar-refractivity contribution >= 4 is 85.8 Å². The molecule has 694 valence electrons. The first-order valence-corrected chi connectivity index (χ1v) is 44.5. The average Bonchev–Trinajstić information content (AvgIpc) is 1.67. The molecule has 0 spiro atoms. The molecule has 15 rings (SSSR count). The van der Waals surface area contributed by atoms with Gasteiger partial charge in [0.25, 0.3) is 23.6 Å². The zero-order valence-electron chi connectivity index (χ0n) is 76.6. The number of phenolic OH excluding ortho intramolecular Hbond substituents is 1. The minimum Gasteiger partial charge on any atom is -0.508 e. The summed E-state index contributed by atoms with van der Waals surface area (Å²) in [6, 6.07) is 26.9. The van der Waals surface area contributed by atoms with Crippen molar-refractivity contribution in [3.63, 3.8) is 0 Å². The van der Waals surface area contributed by atoms with Crippen molar-refractivity contribution in [1.29, 1.82) is 0 Å². The van der Waals surface area contributed by atoms with Crippen LogP contribution in [-0.2, 0) is 43.7 Å². The number of amides is 4. The van der Waals surface area contributed by atoms with E-state index in [0.29, 0.717) is 95.9 Å². The van der Waals surface area contributed by atoms with Gasteiger partial charge in [0.2, 0.25) is 5.91 Å². The van der Waals surface area contributed by atoms with Crippen molar-refractivity contribution in [3.8, 4) is 39.5 Å². The fraction of sp³-hybridized carbons (Fsp3) is 0.416. The molecule has 30 nitrogen and oxygen atoms in total. The van der Waals surface area contributed by atoms with Crippen LogP contribution in [-0.4, -0.2) is 213 Å². The molecule has 2 aromatic carbocycles. The normalized spacial score (nSPS) is 13.7. The Kier molecular flexibility index (Phi) is 34.3. The summed E-state index contributed by atoms with van der Waals surface area (Å²) in [4.78, 5) is 122. The minimum atomic E-state index is -0.368. The van der Waals surface area contributed by atoms with E-state index in [4.69, 9.17) is 29.9 Å². The van der Waals surface area contributed by atoms with Gasteiger partial charge in [0.15, 0.2) is 22.4 Å². The van der Waals surface area contributed by atoms with Gasteiger partial charge in [-0.05, 0) is 209 Å². The maximum Gasteiger partial charge on any atom is 0.254 e. The molecule has 4 amide bonds. The van der Waals surface area contributed by atoms with Crippen LogP contribution in [0, 0.1) is 20.8 Å². The second kappa shape index (κ2) is 44.9. The van der Waals surface area contributed by atoms with Gasteiger partial charge in [-0.15, -0.1) is 0 Å². The van der Waals surface area contributed by atoms with Gasteiger partial charge >= 0.3 is 0 Å². The van der Waals surface area contributed by atoms with Crippen molar-refractivity contribution in [2.45, 2.75) is 182 Å². The number of aryl methyl sites for hydroxylation is 5. The predicted molar refractivity (Wildman–Crippen MR) is 527 cm³/mol. The summed E-state index contributed by atoms with van der Waals surface area (Å²) in [6.45, 7) is 43.3. The number of pyridine rings is 7. The number of rotatable bonds is 27. The van der Waals surface area contributed by atoms with E-state index in [1.807, 2.05) is 139 Å². The first-order valence-electron chi connectivity index (χ1n) is 44.5. The van der Waals surface area contributed by atoms with E-state index < -0.39 is 0 Å². The third kappa shape index (κ3) is 23.2. The molecule has 13 heterocycles. The highest BCUT2D eigenvalue weighted by Gasteiger charge is 2.28. The molecule has 3 saturated heterocycles. The molecule has 0 aliphatic carbocycles. The zero-order chi connectivity index (χ0) is 91.3. The Morgan fingerprint density at radius 1 is 0.443 bits per heavy atom. The summed E-state index contributed by atoms with van der Waals surface area (Å²) < 4.78 is 6.98. The number of phenols is 1. The third-order valence-electron chi connectivity index (χ3n) is 23.7. The third-order valence-corrected chi connectivity index (χ3v) is 23.7. The molecule has 5 N–H and O–H groups in total. The molecule has 12 aromatic rings. The lowest BCUT2D eigenvalue weighted by Gasteiger charge is -2.33. The fourth-order valence-electron chi connectivity index (χ4n) is 16.6. The van der Waals surface area contributed by atoms with Gasteiger partial charge in [-0.2, -0.15) is 15.3 Å². The number of aromatic hydroxyl groups is 1. The molecular weight excluding hydrogens is 1650 g/mol. The van der Waals surface area contributed by atoms with Crippen LogP contribution in [0.15, 0.2) is 152 Å². The summed E-state index contributed by atoms with van der Waals surface area (Å²) in [5, 5.41) is 38.3. The van der Waals surface area contributed by atoms with E-state index in [-0.39, 0.29) is 101 Å². The molecule has 131 heavy (non-hydrogen) atoms. The van der Waals surface area contributed by atoms with Crippen LogP contribution < -0.4 is 41.4 Å². The van der Waals surface area contributed by atoms with Gasteiger partial charge in [-0.25, -0.2) is 43.9 Å². The molecule has 0 saturated carbocycles. The Bertz CT molecular complexity index is 6100. The van der Waals surface area contributed by atoms with Crippen LogP contribution in [0.5, 0.6) is 5.75 Å². The smallest absolute Gasteiger partial charge is 0.254 e. The Morgan fingerprint density at radius 2 is 0.794 bits per heavy atom. The van der Waals surface area contributed by atoms with Crippen LogP contribution in [0.3, 0.4) is 0 Å². The van der Waals surface area contributed by atoms with Gasteiger partial charge < -0.3 is 55.8 Å². The number of piperazine rings is 3. The number of carbonyl (C=O) groups is 5. The lowest BCUT2D eigenvalue weighted by Crippen LogP contribution is -2.44. The topological polar surface area (TPSA) is 326 Å². The van der Waals surface area contributed by atoms with Crippen LogP contribution in [0.25, 0.3) is 66.9 Å². The van der Waals surface area contributed by atoms with Crippen LogP contribution in [0.2, 0.25) is 0 Å². The van der Waals surface area contributed by atoms with Gasteiger partial charge in [0.1, 0.15) is 23.2 Å². The lowest BCUT2D eigenvalue weighted by atomic mass is 9.98. The summed E-state index contributed by atoms with van der Waals surface area (Å²) in [6.07, 6.45) is 17.8. The Hall–Kier alpha value is -13.2. The van der Waals surface area contributed by atoms with Gasteiger partial charge in [-0.1, -0.05) is 87.6 Å². The van der Waals surface area contributed by atoms with E-state index in [2.05, 4.69) is 126 Å². The quantitative estimate of drug-likeness (QED) is 0.0299. The highest BCUT2D eigenvalue weighted by molar-refractivity contribution is 6.09. The molecule has 0 unspecified atom stereocenters. The molecule has 3 aliphatic heterocycles. The highest BCUT2D eigenvalue weighted by Crippen LogP contribution is 2.34. The van der Waals surface area contributed by atoms with E-state index in [9.17, 15) is 33.9 Å². The Balaban J connectivity index is 0.000000202. The summed E-state index contributed by atoms with van der Waals surface area (Å²) >= 11 is 0. The van der Waals surface area contributed by atoms with Crippen molar-refractivity contribution in [2.75, 3.05) is 120 Å². The van der Waals surface area contributed by atoms with Crippen LogP contribution >= 0.6 is 0 Å². The fourth-order valence-corrected chi connectivity index (χ4v) is 16.6. The number of allylic oxidation sites excluding steroid dienone is 1. The molecule has 0 atom stereocenters. The molecular formula is C101H133N23O7. The van der Waals surface area contributed by atoms with Gasteiger partial charge in [0, 0.05) is 186 Å². The maximum atomic E-state index is 13.9. The number of fused-ring (bicyclic) bond motifs is 3. The summed E-state index contributed by atoms with van der Waals surface area (Å²) in [7, 11) is 6.39. The number of nitrogens with one attached hydrogen (secondary N) is 4. The number of nitrogens with zero attached hydrogens (tertiary/aromatic N) is 19. The zero-order valence-corrected chi connectivity index (χ0v) is 76.6. The number of hydrogen-bond donors (Lipinski definition) is 5. The minimum absolute atomic E-state index is 0. The number of likely N-dealkylation sites (N-methyl/N-ethyl adjacent to an activating group) is 3. The van der Waals surface area contributed by atoms with Gasteiger partial charge in [0.05, 0.1) is 68.5 Å². The van der Waals surface area contributed by atoms with E-state index >= 15 is 0 Å². The number of carbonyl (C=O) groups excluding carboxylic acids is 5. The average molecular weight is 1780 g/mol. The largest absolute Gasteiger partial charge is 0.508 e.